The van der Waals surface area contributed by atoms with E-state index in [0.717, 1.165) is 11.1 Å². The fourth-order valence-corrected chi connectivity index (χ4v) is 4.45. The predicted molar refractivity (Wildman–Crippen MR) is 152 cm³/mol. The molecule has 216 valence electrons. The van der Waals surface area contributed by atoms with E-state index in [1.165, 1.54) is 4.90 Å². The maximum Gasteiger partial charge on any atom is 0.408 e. The molecule has 0 heterocycles. The number of ether oxygens (including phenoxy) is 1. The molecule has 0 radical (unpaired) electrons. The summed E-state index contributed by atoms with van der Waals surface area (Å²) in [5, 5.41) is 38.3. The highest BCUT2D eigenvalue weighted by molar-refractivity contribution is 5.67. The van der Waals surface area contributed by atoms with E-state index in [9.17, 15) is 24.9 Å². The van der Waals surface area contributed by atoms with Crippen LogP contribution in [-0.2, 0) is 17.6 Å². The second-order valence-electron chi connectivity index (χ2n) is 11.8. The summed E-state index contributed by atoms with van der Waals surface area (Å²) in [6.07, 6.45) is -3.09. The van der Waals surface area contributed by atoms with Crippen molar-refractivity contribution in [2.45, 2.75) is 89.8 Å². The van der Waals surface area contributed by atoms with E-state index < -0.39 is 47.6 Å². The van der Waals surface area contributed by atoms with E-state index >= 15 is 0 Å². The first kappa shape index (κ1) is 32.1. The van der Waals surface area contributed by atoms with Gasteiger partial charge in [0, 0.05) is 24.7 Å². The zero-order chi connectivity index (χ0) is 29.2. The summed E-state index contributed by atoms with van der Waals surface area (Å²) in [5.74, 6) is 0. The van der Waals surface area contributed by atoms with Gasteiger partial charge in [0.15, 0.2) is 0 Å². The minimum Gasteiger partial charge on any atom is -0.465 e. The van der Waals surface area contributed by atoms with Crippen LogP contribution in [0.5, 0.6) is 0 Å². The number of nitrogens with zero attached hydrogens (tertiary/aromatic N) is 1. The van der Waals surface area contributed by atoms with Crippen molar-refractivity contribution >= 4 is 12.2 Å². The van der Waals surface area contributed by atoms with Gasteiger partial charge in [-0.25, -0.2) is 9.59 Å². The van der Waals surface area contributed by atoms with Gasteiger partial charge in [0.05, 0.1) is 18.2 Å². The Bertz CT molecular complexity index is 1020. The number of carboxylic acid groups (broad SMARTS) is 1. The third-order valence-corrected chi connectivity index (χ3v) is 6.20. The van der Waals surface area contributed by atoms with Gasteiger partial charge in [-0.1, -0.05) is 60.7 Å². The Hall–Kier alpha value is -3.14. The molecule has 0 saturated heterocycles. The second-order valence-corrected chi connectivity index (χ2v) is 11.8. The number of hydrogen-bond donors (Lipinski definition) is 5. The molecule has 39 heavy (non-hydrogen) atoms. The van der Waals surface area contributed by atoms with Crippen LogP contribution in [0.25, 0.3) is 0 Å². The van der Waals surface area contributed by atoms with E-state index in [1.54, 1.807) is 41.5 Å². The Morgan fingerprint density at radius 3 is 1.79 bits per heavy atom. The molecule has 0 aliphatic heterocycles. The Kier molecular flexibility index (Phi) is 11.8. The van der Waals surface area contributed by atoms with Crippen molar-refractivity contribution in [3.63, 3.8) is 0 Å². The first-order valence-electron chi connectivity index (χ1n) is 13.3. The van der Waals surface area contributed by atoms with Crippen molar-refractivity contribution in [2.75, 3.05) is 13.1 Å². The number of amides is 2. The number of aliphatic hydroxyl groups is 2. The molecule has 0 aromatic heterocycles. The first-order chi connectivity index (χ1) is 18.2. The van der Waals surface area contributed by atoms with E-state index in [0.29, 0.717) is 12.8 Å². The summed E-state index contributed by atoms with van der Waals surface area (Å²) in [4.78, 5) is 25.8. The van der Waals surface area contributed by atoms with Gasteiger partial charge in [-0.05, 0) is 65.5 Å². The number of alkyl carbamates (subject to hydrolysis) is 1. The molecular formula is C30H45N3O6. The summed E-state index contributed by atoms with van der Waals surface area (Å²) in [7, 11) is 0. The molecule has 0 saturated carbocycles. The normalized spacial score (nSPS) is 15.1. The Labute approximate surface area is 232 Å². The number of rotatable bonds is 12. The van der Waals surface area contributed by atoms with Gasteiger partial charge >= 0.3 is 12.2 Å². The minimum atomic E-state index is -1.12. The highest BCUT2D eigenvalue weighted by Gasteiger charge is 2.37. The van der Waals surface area contributed by atoms with Gasteiger partial charge in [-0.15, -0.1) is 0 Å². The highest BCUT2D eigenvalue weighted by Crippen LogP contribution is 2.23. The van der Waals surface area contributed by atoms with Gasteiger partial charge in [0.1, 0.15) is 5.60 Å². The minimum absolute atomic E-state index is 0.0261. The number of aliphatic hydroxyl groups excluding tert-OH is 2. The lowest BCUT2D eigenvalue weighted by Crippen LogP contribution is -2.59. The third kappa shape index (κ3) is 11.2. The van der Waals surface area contributed by atoms with Crippen LogP contribution in [0.4, 0.5) is 9.59 Å². The Balaban J connectivity index is 2.21. The molecule has 0 spiro atoms. The Morgan fingerprint density at radius 2 is 1.33 bits per heavy atom. The zero-order valence-corrected chi connectivity index (χ0v) is 23.9. The average Bonchev–Trinajstić information content (AvgIpc) is 2.83. The van der Waals surface area contributed by atoms with Crippen LogP contribution < -0.4 is 10.6 Å². The number of carbonyl (C=O) groups is 2. The van der Waals surface area contributed by atoms with Crippen molar-refractivity contribution in [1.29, 1.82) is 0 Å². The topological polar surface area (TPSA) is 131 Å². The monoisotopic (exact) mass is 543 g/mol. The summed E-state index contributed by atoms with van der Waals surface area (Å²) < 4.78 is 5.27. The molecule has 0 aliphatic rings. The van der Waals surface area contributed by atoms with Crippen LogP contribution in [0.1, 0.15) is 52.7 Å². The van der Waals surface area contributed by atoms with Gasteiger partial charge in [-0.2, -0.15) is 0 Å². The molecule has 0 unspecified atom stereocenters. The molecule has 9 nitrogen and oxygen atoms in total. The molecular weight excluding hydrogens is 498 g/mol. The molecule has 2 aromatic carbocycles. The van der Waals surface area contributed by atoms with Crippen molar-refractivity contribution in [1.82, 2.24) is 15.5 Å². The van der Waals surface area contributed by atoms with Gasteiger partial charge < -0.3 is 30.7 Å². The van der Waals surface area contributed by atoms with Crippen molar-refractivity contribution in [3.8, 4) is 0 Å². The standard InChI is InChI=1S/C30H45N3O6/c1-29(2,3)33(28(37)38)24(18-22-15-11-8-12-16-22)26(35)20-31-23(17-21-13-9-7-10-14-21)25(34)19-32-27(36)39-30(4,5)6/h7-16,23-26,31,34-35H,17-20H2,1-6H3,(H,32,36)(H,37,38)/t23-,24+,25+,26-/m1/s1. The SMILES string of the molecule is CC(C)(C)OC(=O)NC[C@H](O)[C@@H](Cc1ccccc1)NC[C@@H](O)[C@H](Cc1ccccc1)N(C(=O)O)C(C)(C)C. The van der Waals surface area contributed by atoms with Gasteiger partial charge in [0.25, 0.3) is 0 Å². The van der Waals surface area contributed by atoms with E-state index in [2.05, 4.69) is 10.6 Å². The predicted octanol–water partition coefficient (Wildman–Crippen LogP) is 3.82. The first-order valence-corrected chi connectivity index (χ1v) is 13.3. The number of nitrogens with one attached hydrogen (secondary N) is 2. The number of benzene rings is 2. The van der Waals surface area contributed by atoms with Gasteiger partial charge in [-0.3, -0.25) is 4.90 Å². The maximum absolute atomic E-state index is 12.3. The molecule has 4 atom stereocenters. The molecule has 0 aliphatic carbocycles. The fourth-order valence-electron chi connectivity index (χ4n) is 4.45. The molecule has 5 N–H and O–H groups in total. The van der Waals surface area contributed by atoms with Crippen LogP contribution >= 0.6 is 0 Å². The Morgan fingerprint density at radius 1 is 0.821 bits per heavy atom. The van der Waals surface area contributed by atoms with E-state index in [-0.39, 0.29) is 13.1 Å². The summed E-state index contributed by atoms with van der Waals surface area (Å²) in [6, 6.07) is 17.7. The largest absolute Gasteiger partial charge is 0.465 e. The quantitative estimate of drug-likeness (QED) is 0.275. The molecule has 2 amide bonds. The van der Waals surface area contributed by atoms with Crippen LogP contribution in [0.15, 0.2) is 60.7 Å². The maximum atomic E-state index is 12.3. The lowest BCUT2D eigenvalue weighted by Gasteiger charge is -2.42. The highest BCUT2D eigenvalue weighted by atomic mass is 16.6. The van der Waals surface area contributed by atoms with Crippen LogP contribution in [-0.4, -0.2) is 80.9 Å². The van der Waals surface area contributed by atoms with Crippen molar-refractivity contribution < 1.29 is 29.6 Å². The molecule has 9 heteroatoms. The lowest BCUT2D eigenvalue weighted by molar-refractivity contribution is 0.00425. The van der Waals surface area contributed by atoms with E-state index in [1.807, 2.05) is 60.7 Å². The number of carbonyl (C=O) groups excluding carboxylic acids is 1. The van der Waals surface area contributed by atoms with Gasteiger partial charge in [0.2, 0.25) is 0 Å². The zero-order valence-electron chi connectivity index (χ0n) is 23.9. The van der Waals surface area contributed by atoms with Crippen molar-refractivity contribution in [2.24, 2.45) is 0 Å². The van der Waals surface area contributed by atoms with Crippen LogP contribution in [0.3, 0.4) is 0 Å². The summed E-state index contributed by atoms with van der Waals surface area (Å²) in [5.41, 5.74) is 0.438. The average molecular weight is 544 g/mol. The van der Waals surface area contributed by atoms with Crippen LogP contribution in [0, 0.1) is 0 Å². The summed E-state index contributed by atoms with van der Waals surface area (Å²) >= 11 is 0. The molecule has 2 aromatic rings. The number of hydrogen-bond acceptors (Lipinski definition) is 6. The lowest BCUT2D eigenvalue weighted by atomic mass is 9.94. The van der Waals surface area contributed by atoms with Crippen LogP contribution in [0.2, 0.25) is 0 Å². The summed E-state index contributed by atoms with van der Waals surface area (Å²) in [6.45, 7) is 10.6. The molecule has 2 rings (SSSR count). The second kappa shape index (κ2) is 14.3. The molecule has 0 fully saturated rings. The van der Waals surface area contributed by atoms with Crippen molar-refractivity contribution in [3.05, 3.63) is 71.8 Å². The third-order valence-electron chi connectivity index (χ3n) is 6.20. The smallest absolute Gasteiger partial charge is 0.408 e. The fraction of sp³-hybridized carbons (Fsp3) is 0.533. The van der Waals surface area contributed by atoms with E-state index in [4.69, 9.17) is 4.74 Å². The molecule has 0 bridgehead atoms.